The van der Waals surface area contributed by atoms with E-state index < -0.39 is 0 Å². The number of hydrogen-bond acceptors (Lipinski definition) is 5. The molecule has 2 rings (SSSR count). The van der Waals surface area contributed by atoms with Gasteiger partial charge in [-0.3, -0.25) is 4.79 Å². The average molecular weight is 260 g/mol. The molecular formula is C13H16N4O2. The van der Waals surface area contributed by atoms with Gasteiger partial charge < -0.3 is 10.1 Å². The van der Waals surface area contributed by atoms with Crippen molar-refractivity contribution in [2.75, 3.05) is 19.0 Å². The van der Waals surface area contributed by atoms with Crippen molar-refractivity contribution in [2.45, 2.75) is 13.5 Å². The van der Waals surface area contributed by atoms with E-state index in [1.54, 1.807) is 25.6 Å². The molecule has 0 aromatic carbocycles. The molecule has 0 saturated carbocycles. The van der Waals surface area contributed by atoms with Crippen LogP contribution in [0.4, 0.5) is 5.69 Å². The molecule has 0 spiro atoms. The van der Waals surface area contributed by atoms with Crippen LogP contribution in [0.5, 0.6) is 5.88 Å². The van der Waals surface area contributed by atoms with Gasteiger partial charge in [0.05, 0.1) is 25.5 Å². The second-order valence-corrected chi connectivity index (χ2v) is 3.94. The third kappa shape index (κ3) is 3.09. The van der Waals surface area contributed by atoms with Crippen molar-refractivity contribution >= 4 is 5.69 Å². The molecule has 0 radical (unpaired) electrons. The smallest absolute Gasteiger partial charge is 0.269 e. The van der Waals surface area contributed by atoms with E-state index in [0.717, 1.165) is 17.8 Å². The van der Waals surface area contributed by atoms with Crippen molar-refractivity contribution in [1.29, 1.82) is 0 Å². The van der Waals surface area contributed by atoms with Gasteiger partial charge in [0.1, 0.15) is 0 Å². The standard InChI is InChI=1S/C13H16N4O2/c1-3-14-11-7-12(18)17(16-8-11)9-10-5-4-6-15-13(10)19-2/h4-8,14H,3,9H2,1-2H3. The monoisotopic (exact) mass is 260 g/mol. The molecule has 1 N–H and O–H groups in total. The third-order valence-electron chi connectivity index (χ3n) is 2.61. The molecule has 0 aliphatic rings. The molecule has 0 fully saturated rings. The van der Waals surface area contributed by atoms with E-state index in [4.69, 9.17) is 4.74 Å². The van der Waals surface area contributed by atoms with Crippen LogP contribution >= 0.6 is 0 Å². The fourth-order valence-corrected chi connectivity index (χ4v) is 1.74. The van der Waals surface area contributed by atoms with E-state index in [2.05, 4.69) is 15.4 Å². The maximum absolute atomic E-state index is 11.9. The first kappa shape index (κ1) is 13.1. The number of ether oxygens (including phenoxy) is 1. The van der Waals surface area contributed by atoms with E-state index >= 15 is 0 Å². The lowest BCUT2D eigenvalue weighted by atomic mass is 10.2. The van der Waals surface area contributed by atoms with Gasteiger partial charge in [-0.1, -0.05) is 6.07 Å². The van der Waals surface area contributed by atoms with E-state index in [0.29, 0.717) is 12.4 Å². The van der Waals surface area contributed by atoms with Crippen LogP contribution in [0.2, 0.25) is 0 Å². The van der Waals surface area contributed by atoms with Crippen LogP contribution in [-0.4, -0.2) is 28.4 Å². The van der Waals surface area contributed by atoms with Crippen molar-refractivity contribution in [3.8, 4) is 5.88 Å². The van der Waals surface area contributed by atoms with E-state index in [-0.39, 0.29) is 5.56 Å². The molecule has 2 heterocycles. The van der Waals surface area contributed by atoms with Crippen LogP contribution in [0, 0.1) is 0 Å². The van der Waals surface area contributed by atoms with Gasteiger partial charge in [0, 0.05) is 24.4 Å². The first-order valence-electron chi connectivity index (χ1n) is 6.03. The minimum absolute atomic E-state index is 0.163. The van der Waals surface area contributed by atoms with Crippen LogP contribution in [0.15, 0.2) is 35.4 Å². The third-order valence-corrected chi connectivity index (χ3v) is 2.61. The number of anilines is 1. The predicted octanol–water partition coefficient (Wildman–Crippen LogP) is 1.13. The second kappa shape index (κ2) is 5.99. The Kier molecular flexibility index (Phi) is 4.12. The lowest BCUT2D eigenvalue weighted by Crippen LogP contribution is -2.23. The lowest BCUT2D eigenvalue weighted by Gasteiger charge is -2.09. The fourth-order valence-electron chi connectivity index (χ4n) is 1.74. The normalized spacial score (nSPS) is 10.2. The van der Waals surface area contributed by atoms with Gasteiger partial charge in [-0.25, -0.2) is 9.67 Å². The number of methoxy groups -OCH3 is 1. The fraction of sp³-hybridized carbons (Fsp3) is 0.308. The Hall–Kier alpha value is -2.37. The van der Waals surface area contributed by atoms with Gasteiger partial charge in [0.15, 0.2) is 0 Å². The molecule has 0 saturated heterocycles. The number of rotatable bonds is 5. The summed E-state index contributed by atoms with van der Waals surface area (Å²) in [5.74, 6) is 0.506. The predicted molar refractivity (Wildman–Crippen MR) is 72.6 cm³/mol. The molecule has 19 heavy (non-hydrogen) atoms. The molecule has 0 atom stereocenters. The molecule has 6 heteroatoms. The zero-order valence-corrected chi connectivity index (χ0v) is 11.0. The van der Waals surface area contributed by atoms with Crippen molar-refractivity contribution in [3.05, 3.63) is 46.5 Å². The maximum Gasteiger partial charge on any atom is 0.269 e. The summed E-state index contributed by atoms with van der Waals surface area (Å²) in [6.45, 7) is 3.05. The summed E-state index contributed by atoms with van der Waals surface area (Å²) >= 11 is 0. The second-order valence-electron chi connectivity index (χ2n) is 3.94. The Morgan fingerprint density at radius 2 is 2.32 bits per heavy atom. The molecule has 0 bridgehead atoms. The van der Waals surface area contributed by atoms with E-state index in [1.165, 1.54) is 10.7 Å². The topological polar surface area (TPSA) is 69.0 Å². The highest BCUT2D eigenvalue weighted by Gasteiger charge is 2.06. The molecule has 0 aliphatic heterocycles. The molecular weight excluding hydrogens is 244 g/mol. The molecule has 0 aliphatic carbocycles. The minimum atomic E-state index is -0.163. The number of pyridine rings is 1. The molecule has 6 nitrogen and oxygen atoms in total. The largest absolute Gasteiger partial charge is 0.481 e. The average Bonchev–Trinajstić information content (AvgIpc) is 2.43. The lowest BCUT2D eigenvalue weighted by molar-refractivity contribution is 0.389. The highest BCUT2D eigenvalue weighted by atomic mass is 16.5. The Bertz CT molecular complexity index is 610. The molecule has 2 aromatic rings. The van der Waals surface area contributed by atoms with Crippen LogP contribution in [-0.2, 0) is 6.54 Å². The first-order chi connectivity index (χ1) is 9.24. The van der Waals surface area contributed by atoms with Gasteiger partial charge in [-0.15, -0.1) is 0 Å². The van der Waals surface area contributed by atoms with Crippen LogP contribution in [0.1, 0.15) is 12.5 Å². The number of nitrogens with one attached hydrogen (secondary N) is 1. The number of nitrogens with zero attached hydrogens (tertiary/aromatic N) is 3. The quantitative estimate of drug-likeness (QED) is 0.872. The summed E-state index contributed by atoms with van der Waals surface area (Å²) in [5.41, 5.74) is 1.38. The van der Waals surface area contributed by atoms with E-state index in [9.17, 15) is 4.79 Å². The maximum atomic E-state index is 11.9. The zero-order valence-electron chi connectivity index (χ0n) is 11.0. The minimum Gasteiger partial charge on any atom is -0.481 e. The summed E-state index contributed by atoms with van der Waals surface area (Å²) in [4.78, 5) is 16.0. The Morgan fingerprint density at radius 1 is 1.47 bits per heavy atom. The molecule has 0 unspecified atom stereocenters. The summed E-state index contributed by atoms with van der Waals surface area (Å²) in [5, 5.41) is 7.17. The van der Waals surface area contributed by atoms with Gasteiger partial charge >= 0.3 is 0 Å². The molecule has 100 valence electrons. The van der Waals surface area contributed by atoms with Crippen LogP contribution in [0.3, 0.4) is 0 Å². The summed E-state index contributed by atoms with van der Waals surface area (Å²) in [6, 6.07) is 5.19. The molecule has 2 aromatic heterocycles. The van der Waals surface area contributed by atoms with Crippen LogP contribution < -0.4 is 15.6 Å². The van der Waals surface area contributed by atoms with Crippen molar-refractivity contribution in [1.82, 2.24) is 14.8 Å². The van der Waals surface area contributed by atoms with E-state index in [1.807, 2.05) is 13.0 Å². The Morgan fingerprint density at radius 3 is 3.00 bits per heavy atom. The Balaban J connectivity index is 2.26. The zero-order chi connectivity index (χ0) is 13.7. The summed E-state index contributed by atoms with van der Waals surface area (Å²) in [6.07, 6.45) is 3.28. The first-order valence-corrected chi connectivity index (χ1v) is 6.03. The van der Waals surface area contributed by atoms with Crippen molar-refractivity contribution < 1.29 is 4.74 Å². The van der Waals surface area contributed by atoms with Crippen LogP contribution in [0.25, 0.3) is 0 Å². The number of hydrogen-bond donors (Lipinski definition) is 1. The van der Waals surface area contributed by atoms with Gasteiger partial charge in [0.2, 0.25) is 5.88 Å². The Labute approximate surface area is 111 Å². The van der Waals surface area contributed by atoms with Crippen molar-refractivity contribution in [3.63, 3.8) is 0 Å². The van der Waals surface area contributed by atoms with Gasteiger partial charge in [0.25, 0.3) is 5.56 Å². The number of aromatic nitrogens is 3. The van der Waals surface area contributed by atoms with Gasteiger partial charge in [-0.05, 0) is 13.0 Å². The highest BCUT2D eigenvalue weighted by molar-refractivity contribution is 5.38. The van der Waals surface area contributed by atoms with Crippen molar-refractivity contribution in [2.24, 2.45) is 0 Å². The molecule has 0 amide bonds. The highest BCUT2D eigenvalue weighted by Crippen LogP contribution is 2.13. The summed E-state index contributed by atoms with van der Waals surface area (Å²) in [7, 11) is 1.55. The SMILES string of the molecule is CCNc1cnn(Cc2cccnc2OC)c(=O)c1. The van der Waals surface area contributed by atoms with Gasteiger partial charge in [-0.2, -0.15) is 5.10 Å². The summed E-state index contributed by atoms with van der Waals surface area (Å²) < 4.78 is 6.53.